The van der Waals surface area contributed by atoms with Crippen LogP contribution in [-0.2, 0) is 0 Å². The molecule has 1 aliphatic heterocycles. The predicted octanol–water partition coefficient (Wildman–Crippen LogP) is 4.50. The number of halogens is 1. The number of urea groups is 1. The summed E-state index contributed by atoms with van der Waals surface area (Å²) in [4.78, 5) is 18.4. The molecule has 2 heterocycles. The van der Waals surface area contributed by atoms with Crippen molar-refractivity contribution in [1.82, 2.24) is 9.88 Å². The molecule has 27 heavy (non-hydrogen) atoms. The fourth-order valence-electron chi connectivity index (χ4n) is 3.21. The number of ether oxygens (including phenoxy) is 1. The summed E-state index contributed by atoms with van der Waals surface area (Å²) in [5.74, 6) is 0.487. The van der Waals surface area contributed by atoms with Gasteiger partial charge in [0.25, 0.3) is 0 Å². The molecule has 1 unspecified atom stereocenters. The number of hydrogen-bond donors (Lipinski definition) is 1. The second kappa shape index (κ2) is 8.20. The monoisotopic (exact) mass is 369 g/mol. The van der Waals surface area contributed by atoms with Crippen LogP contribution < -0.4 is 10.1 Å². The lowest BCUT2D eigenvalue weighted by atomic mass is 9.91. The minimum Gasteiger partial charge on any atom is -0.481 e. The predicted molar refractivity (Wildman–Crippen MR) is 104 cm³/mol. The number of rotatable bonds is 3. The van der Waals surface area contributed by atoms with Crippen molar-refractivity contribution in [3.05, 3.63) is 59.0 Å². The Bertz CT molecular complexity index is 849. The largest absolute Gasteiger partial charge is 0.481 e. The summed E-state index contributed by atoms with van der Waals surface area (Å²) in [5.41, 5.74) is 3.03. The highest BCUT2D eigenvalue weighted by molar-refractivity contribution is 5.89. The lowest BCUT2D eigenvalue weighted by Crippen LogP contribution is -2.42. The number of benzene rings is 1. The first kappa shape index (κ1) is 18.9. The van der Waals surface area contributed by atoms with Crippen molar-refractivity contribution in [3.63, 3.8) is 0 Å². The van der Waals surface area contributed by atoms with Crippen molar-refractivity contribution >= 4 is 17.8 Å². The van der Waals surface area contributed by atoms with E-state index in [4.69, 9.17) is 4.74 Å². The van der Waals surface area contributed by atoms with E-state index in [1.54, 1.807) is 49.4 Å². The van der Waals surface area contributed by atoms with E-state index in [9.17, 15) is 9.18 Å². The molecule has 0 spiro atoms. The van der Waals surface area contributed by atoms with E-state index < -0.39 is 0 Å². The first-order chi connectivity index (χ1) is 13.0. The number of nitrogens with zero attached hydrogens (tertiary/aromatic N) is 2. The van der Waals surface area contributed by atoms with Crippen molar-refractivity contribution in [2.75, 3.05) is 25.5 Å². The molecule has 1 aromatic carbocycles. The summed E-state index contributed by atoms with van der Waals surface area (Å²) in [6.07, 6.45) is 4.22. The smallest absolute Gasteiger partial charge is 0.321 e. The Morgan fingerprint density at radius 2 is 2.19 bits per heavy atom. The zero-order chi connectivity index (χ0) is 19.4. The van der Waals surface area contributed by atoms with Crippen LogP contribution in [0.2, 0.25) is 0 Å². The van der Waals surface area contributed by atoms with Gasteiger partial charge in [0.15, 0.2) is 0 Å². The van der Waals surface area contributed by atoms with Gasteiger partial charge in [-0.3, -0.25) is 0 Å². The molecule has 0 saturated carbocycles. The quantitative estimate of drug-likeness (QED) is 0.867. The van der Waals surface area contributed by atoms with Gasteiger partial charge in [0.05, 0.1) is 19.0 Å². The second-order valence-corrected chi connectivity index (χ2v) is 6.81. The van der Waals surface area contributed by atoms with Gasteiger partial charge in [-0.1, -0.05) is 36.8 Å². The van der Waals surface area contributed by atoms with Crippen molar-refractivity contribution < 1.29 is 13.9 Å². The molecule has 5 nitrogen and oxygen atoms in total. The molecule has 0 bridgehead atoms. The van der Waals surface area contributed by atoms with Crippen molar-refractivity contribution in [3.8, 4) is 5.88 Å². The summed E-state index contributed by atoms with van der Waals surface area (Å²) in [5, 5.41) is 2.85. The molecule has 2 aromatic rings. The molecule has 6 heteroatoms. The number of nitrogens with one attached hydrogen (secondary N) is 1. The molecule has 2 amide bonds. The van der Waals surface area contributed by atoms with Gasteiger partial charge in [-0.2, -0.15) is 0 Å². The Labute approximate surface area is 158 Å². The summed E-state index contributed by atoms with van der Waals surface area (Å²) in [6.45, 7) is 5.02. The average molecular weight is 369 g/mol. The standard InChI is InChI=1S/C21H24FN3O2/c1-14-5-4-6-17(20(14)22)11-16-9-10-25(13-15(16)2)21(26)24-18-7-8-19(27-3)23-12-18/h4-8,11-12,15H,9-10,13H2,1-3H3,(H,24,26). The van der Waals surface area contributed by atoms with Crippen LogP contribution in [-0.4, -0.2) is 36.1 Å². The lowest BCUT2D eigenvalue weighted by molar-refractivity contribution is 0.198. The van der Waals surface area contributed by atoms with Gasteiger partial charge in [0.2, 0.25) is 5.88 Å². The molecule has 1 N–H and O–H groups in total. The van der Waals surface area contributed by atoms with Crippen LogP contribution in [0.4, 0.5) is 14.9 Å². The van der Waals surface area contributed by atoms with Crippen LogP contribution in [0.25, 0.3) is 6.08 Å². The van der Waals surface area contributed by atoms with E-state index in [0.29, 0.717) is 35.8 Å². The maximum Gasteiger partial charge on any atom is 0.321 e. The minimum atomic E-state index is -0.177. The Morgan fingerprint density at radius 1 is 1.37 bits per heavy atom. The average Bonchev–Trinajstić information content (AvgIpc) is 2.67. The van der Waals surface area contributed by atoms with Gasteiger partial charge in [0.1, 0.15) is 5.82 Å². The Balaban J connectivity index is 1.64. The molecular formula is C21H24FN3O2. The number of amides is 2. The molecule has 1 aliphatic rings. The van der Waals surface area contributed by atoms with Crippen LogP contribution in [0.1, 0.15) is 24.5 Å². The zero-order valence-corrected chi connectivity index (χ0v) is 15.8. The number of pyridine rings is 1. The van der Waals surface area contributed by atoms with Crippen LogP contribution in [0, 0.1) is 18.7 Å². The molecule has 1 saturated heterocycles. The highest BCUT2D eigenvalue weighted by Crippen LogP contribution is 2.27. The van der Waals surface area contributed by atoms with E-state index in [0.717, 1.165) is 12.0 Å². The molecule has 3 rings (SSSR count). The van der Waals surface area contributed by atoms with Crippen LogP contribution in [0.3, 0.4) is 0 Å². The number of likely N-dealkylation sites (tertiary alicyclic amines) is 1. The van der Waals surface area contributed by atoms with Gasteiger partial charge >= 0.3 is 6.03 Å². The first-order valence-corrected chi connectivity index (χ1v) is 8.99. The molecule has 1 aromatic heterocycles. The molecular weight excluding hydrogens is 345 g/mol. The van der Waals surface area contributed by atoms with Crippen molar-refractivity contribution in [2.45, 2.75) is 20.3 Å². The van der Waals surface area contributed by atoms with E-state index in [-0.39, 0.29) is 17.8 Å². The summed E-state index contributed by atoms with van der Waals surface area (Å²) in [6, 6.07) is 8.71. The maximum absolute atomic E-state index is 14.3. The third-order valence-corrected chi connectivity index (χ3v) is 4.84. The minimum absolute atomic E-state index is 0.158. The van der Waals surface area contributed by atoms with Crippen LogP contribution >= 0.6 is 0 Å². The third-order valence-electron chi connectivity index (χ3n) is 4.84. The van der Waals surface area contributed by atoms with Crippen LogP contribution in [0.15, 0.2) is 42.1 Å². The summed E-state index contributed by atoms with van der Waals surface area (Å²) >= 11 is 0. The molecule has 1 fully saturated rings. The van der Waals surface area contributed by atoms with Gasteiger partial charge < -0.3 is 15.0 Å². The molecule has 142 valence electrons. The Kier molecular flexibility index (Phi) is 5.74. The summed E-state index contributed by atoms with van der Waals surface area (Å²) in [7, 11) is 1.55. The van der Waals surface area contributed by atoms with Crippen LogP contribution in [0.5, 0.6) is 5.88 Å². The van der Waals surface area contributed by atoms with E-state index in [1.807, 2.05) is 12.1 Å². The SMILES string of the molecule is COc1ccc(NC(=O)N2CCC(=Cc3cccc(C)c3F)C(C)C2)cn1. The molecule has 1 atom stereocenters. The van der Waals surface area contributed by atoms with Gasteiger partial charge in [-0.05, 0) is 30.9 Å². The highest BCUT2D eigenvalue weighted by atomic mass is 19.1. The summed E-state index contributed by atoms with van der Waals surface area (Å²) < 4.78 is 19.3. The van der Waals surface area contributed by atoms with Gasteiger partial charge in [-0.15, -0.1) is 0 Å². The Morgan fingerprint density at radius 3 is 2.85 bits per heavy atom. The number of aromatic nitrogens is 1. The number of methoxy groups -OCH3 is 1. The number of carbonyl (C=O) groups excluding carboxylic acids is 1. The number of carbonyl (C=O) groups is 1. The topological polar surface area (TPSA) is 54.5 Å². The molecule has 0 aliphatic carbocycles. The Hall–Kier alpha value is -2.89. The van der Waals surface area contributed by atoms with Gasteiger partial charge in [-0.25, -0.2) is 14.2 Å². The fraction of sp³-hybridized carbons (Fsp3) is 0.333. The van der Waals surface area contributed by atoms with E-state index >= 15 is 0 Å². The van der Waals surface area contributed by atoms with E-state index in [2.05, 4.69) is 17.2 Å². The van der Waals surface area contributed by atoms with Crippen molar-refractivity contribution in [1.29, 1.82) is 0 Å². The lowest BCUT2D eigenvalue weighted by Gasteiger charge is -2.33. The second-order valence-electron chi connectivity index (χ2n) is 6.81. The van der Waals surface area contributed by atoms with Crippen molar-refractivity contribution in [2.24, 2.45) is 5.92 Å². The first-order valence-electron chi connectivity index (χ1n) is 8.99. The van der Waals surface area contributed by atoms with E-state index in [1.165, 1.54) is 0 Å². The normalized spacial score (nSPS) is 18.4. The fourth-order valence-corrected chi connectivity index (χ4v) is 3.21. The third kappa shape index (κ3) is 4.45. The number of aryl methyl sites for hydroxylation is 1. The zero-order valence-electron chi connectivity index (χ0n) is 15.8. The highest BCUT2D eigenvalue weighted by Gasteiger charge is 2.24. The number of piperidine rings is 1. The molecule has 0 radical (unpaired) electrons. The van der Waals surface area contributed by atoms with Gasteiger partial charge in [0, 0.05) is 24.7 Å². The number of hydrogen-bond acceptors (Lipinski definition) is 3. The maximum atomic E-state index is 14.3. The number of anilines is 1.